The van der Waals surface area contributed by atoms with Crippen molar-refractivity contribution in [1.82, 2.24) is 19.9 Å². The molecule has 5 rings (SSSR count). The van der Waals surface area contributed by atoms with Crippen molar-refractivity contribution in [2.24, 2.45) is 0 Å². The summed E-state index contributed by atoms with van der Waals surface area (Å²) in [6.07, 6.45) is 14.3. The van der Waals surface area contributed by atoms with Crippen LogP contribution in [0, 0.1) is 12.3 Å². The summed E-state index contributed by atoms with van der Waals surface area (Å²) in [5.74, 6) is 4.02. The highest BCUT2D eigenvalue weighted by Crippen LogP contribution is 2.39. The number of aryl methyl sites for hydroxylation is 1. The number of fused-ring (bicyclic) bond motifs is 1. The van der Waals surface area contributed by atoms with Gasteiger partial charge in [0.25, 0.3) is 0 Å². The zero-order chi connectivity index (χ0) is 22.3. The van der Waals surface area contributed by atoms with Gasteiger partial charge in [0.1, 0.15) is 4.90 Å². The van der Waals surface area contributed by atoms with E-state index >= 15 is 0 Å². The average molecular weight is 453 g/mol. The molecule has 0 spiro atoms. The predicted octanol–water partition coefficient (Wildman–Crippen LogP) is 1.20. The number of hydrogen-bond donors (Lipinski definition) is 2. The van der Waals surface area contributed by atoms with E-state index in [0.717, 1.165) is 24.8 Å². The number of sulfone groups is 1. The molecular weight excluding hydrogens is 428 g/mol. The van der Waals surface area contributed by atoms with Crippen molar-refractivity contribution < 1.29 is 13.5 Å². The fourth-order valence-corrected chi connectivity index (χ4v) is 5.90. The minimum absolute atomic E-state index is 0.0380. The molecule has 2 N–H and O–H groups in total. The monoisotopic (exact) mass is 452 g/mol. The van der Waals surface area contributed by atoms with Crippen LogP contribution >= 0.6 is 0 Å². The van der Waals surface area contributed by atoms with Crippen LogP contribution in [0.25, 0.3) is 5.57 Å². The summed E-state index contributed by atoms with van der Waals surface area (Å²) in [6.45, 7) is 1.16. The molecule has 0 radical (unpaired) electrons. The van der Waals surface area contributed by atoms with Gasteiger partial charge in [-0.25, -0.2) is 23.4 Å². The van der Waals surface area contributed by atoms with E-state index < -0.39 is 15.4 Å². The van der Waals surface area contributed by atoms with E-state index in [1.165, 1.54) is 0 Å². The quantitative estimate of drug-likeness (QED) is 0.645. The molecule has 0 amide bonds. The molecule has 0 atom stereocenters. The van der Waals surface area contributed by atoms with E-state index in [0.29, 0.717) is 54.8 Å². The molecule has 3 aliphatic rings. The Labute approximate surface area is 186 Å². The van der Waals surface area contributed by atoms with Crippen LogP contribution in [-0.4, -0.2) is 64.4 Å². The Kier molecular flexibility index (Phi) is 5.10. The Bertz CT molecular complexity index is 1220. The van der Waals surface area contributed by atoms with Crippen LogP contribution in [0.3, 0.4) is 0 Å². The Morgan fingerprint density at radius 1 is 1.22 bits per heavy atom. The number of anilines is 2. The fraction of sp³-hybridized carbons (Fsp3) is 0.455. The van der Waals surface area contributed by atoms with Crippen molar-refractivity contribution in [3.8, 4) is 12.3 Å². The molecule has 166 valence electrons. The summed E-state index contributed by atoms with van der Waals surface area (Å²) >= 11 is 0. The number of aliphatic hydroxyl groups excluding tert-OH is 1. The summed E-state index contributed by atoms with van der Waals surface area (Å²) < 4.78 is 25.3. The van der Waals surface area contributed by atoms with Gasteiger partial charge in [0.2, 0.25) is 5.95 Å². The zero-order valence-corrected chi connectivity index (χ0v) is 18.4. The molecule has 0 bridgehead atoms. The fourth-order valence-electron chi connectivity index (χ4n) is 4.34. The standard InChI is InChI=1S/C22H24N6O3S/c1-2-15-12-23-19(24-13-15)16-4-9-28(10-5-16)21-25-17-6-11-32(30,31)18(17)20(26-21)27-22(14-29)7-3-8-22/h1,4,12-13,29H,3,5-11,14H2,(H,25,26,27). The van der Waals surface area contributed by atoms with Crippen LogP contribution in [0.5, 0.6) is 0 Å². The molecule has 1 fully saturated rings. The molecule has 32 heavy (non-hydrogen) atoms. The number of rotatable bonds is 5. The summed E-state index contributed by atoms with van der Waals surface area (Å²) in [4.78, 5) is 20.1. The predicted molar refractivity (Wildman–Crippen MR) is 120 cm³/mol. The van der Waals surface area contributed by atoms with Crippen molar-refractivity contribution in [3.63, 3.8) is 0 Å². The van der Waals surface area contributed by atoms with Gasteiger partial charge in [-0.15, -0.1) is 6.42 Å². The summed E-state index contributed by atoms with van der Waals surface area (Å²) in [6, 6.07) is 0. The lowest BCUT2D eigenvalue weighted by molar-refractivity contribution is 0.143. The molecule has 2 aliphatic heterocycles. The van der Waals surface area contributed by atoms with Crippen molar-refractivity contribution in [3.05, 3.63) is 35.6 Å². The van der Waals surface area contributed by atoms with Gasteiger partial charge in [-0.1, -0.05) is 12.0 Å². The third-order valence-corrected chi connectivity index (χ3v) is 8.23. The first-order chi connectivity index (χ1) is 15.4. The van der Waals surface area contributed by atoms with Crippen molar-refractivity contribution in [2.45, 2.75) is 42.5 Å². The van der Waals surface area contributed by atoms with Crippen LogP contribution < -0.4 is 10.2 Å². The third kappa shape index (κ3) is 3.61. The van der Waals surface area contributed by atoms with Crippen LogP contribution in [0.2, 0.25) is 0 Å². The first kappa shape index (κ1) is 20.8. The van der Waals surface area contributed by atoms with E-state index in [-0.39, 0.29) is 17.3 Å². The molecular formula is C22H24N6O3S. The molecule has 1 aliphatic carbocycles. The lowest BCUT2D eigenvalue weighted by atomic mass is 9.77. The van der Waals surface area contributed by atoms with E-state index in [9.17, 15) is 13.5 Å². The van der Waals surface area contributed by atoms with E-state index in [2.05, 4.69) is 31.2 Å². The second-order valence-electron chi connectivity index (χ2n) is 8.50. The number of nitrogens with one attached hydrogen (secondary N) is 1. The van der Waals surface area contributed by atoms with E-state index in [1.54, 1.807) is 12.4 Å². The van der Waals surface area contributed by atoms with Gasteiger partial charge in [0, 0.05) is 31.9 Å². The average Bonchev–Trinajstić information content (AvgIpc) is 3.11. The second-order valence-corrected chi connectivity index (χ2v) is 10.5. The number of aromatic nitrogens is 4. The van der Waals surface area contributed by atoms with Crippen molar-refractivity contribution in [2.75, 3.05) is 35.7 Å². The topological polar surface area (TPSA) is 121 Å². The Balaban J connectivity index is 1.44. The maximum atomic E-state index is 12.7. The lowest BCUT2D eigenvalue weighted by Crippen LogP contribution is -2.49. The van der Waals surface area contributed by atoms with Gasteiger partial charge in [0.05, 0.1) is 29.2 Å². The molecule has 0 aromatic carbocycles. The van der Waals surface area contributed by atoms with Gasteiger partial charge in [-0.05, 0) is 31.3 Å². The maximum Gasteiger partial charge on any atom is 0.227 e. The van der Waals surface area contributed by atoms with E-state index in [4.69, 9.17) is 6.42 Å². The molecule has 10 heteroatoms. The summed E-state index contributed by atoms with van der Waals surface area (Å²) in [5.41, 5.74) is 1.71. The molecule has 2 aromatic heterocycles. The number of hydrogen-bond acceptors (Lipinski definition) is 9. The Hall–Kier alpha value is -3.03. The molecule has 4 heterocycles. The Morgan fingerprint density at radius 2 is 2.00 bits per heavy atom. The van der Waals surface area contributed by atoms with E-state index in [1.807, 2.05) is 11.0 Å². The Morgan fingerprint density at radius 3 is 2.59 bits per heavy atom. The largest absolute Gasteiger partial charge is 0.394 e. The van der Waals surface area contributed by atoms with Crippen molar-refractivity contribution in [1.29, 1.82) is 0 Å². The van der Waals surface area contributed by atoms with Gasteiger partial charge >= 0.3 is 0 Å². The smallest absolute Gasteiger partial charge is 0.227 e. The molecule has 0 unspecified atom stereocenters. The minimum atomic E-state index is -3.43. The van der Waals surface area contributed by atoms with Gasteiger partial charge in [-0.2, -0.15) is 4.98 Å². The third-order valence-electron chi connectivity index (χ3n) is 6.44. The molecule has 1 saturated carbocycles. The van der Waals surface area contributed by atoms with Gasteiger partial charge < -0.3 is 15.3 Å². The van der Waals surface area contributed by atoms with Crippen LogP contribution in [-0.2, 0) is 16.3 Å². The molecule has 9 nitrogen and oxygen atoms in total. The number of terminal acetylenes is 1. The molecule has 0 saturated heterocycles. The van der Waals surface area contributed by atoms with Crippen LogP contribution in [0.1, 0.15) is 42.8 Å². The second kappa shape index (κ2) is 7.83. The highest BCUT2D eigenvalue weighted by Gasteiger charge is 2.40. The normalized spacial score (nSPS) is 20.6. The first-order valence-electron chi connectivity index (χ1n) is 10.7. The highest BCUT2D eigenvalue weighted by molar-refractivity contribution is 7.91. The van der Waals surface area contributed by atoms with Gasteiger partial charge in [-0.3, -0.25) is 0 Å². The van der Waals surface area contributed by atoms with Crippen LogP contribution in [0.4, 0.5) is 11.8 Å². The first-order valence-corrected chi connectivity index (χ1v) is 12.3. The minimum Gasteiger partial charge on any atom is -0.394 e. The zero-order valence-electron chi connectivity index (χ0n) is 17.6. The van der Waals surface area contributed by atoms with Gasteiger partial charge in [0.15, 0.2) is 21.5 Å². The lowest BCUT2D eigenvalue weighted by Gasteiger charge is -2.41. The van der Waals surface area contributed by atoms with Crippen molar-refractivity contribution >= 4 is 27.2 Å². The number of nitrogens with zero attached hydrogens (tertiary/aromatic N) is 5. The summed E-state index contributed by atoms with van der Waals surface area (Å²) in [5, 5.41) is 13.1. The maximum absolute atomic E-state index is 12.7. The summed E-state index contributed by atoms with van der Waals surface area (Å²) in [7, 11) is -3.43. The number of aliphatic hydroxyl groups is 1. The SMILES string of the molecule is C#Cc1cnc(C2=CCN(c3nc4c(c(NC5(CO)CCC5)n3)S(=O)(=O)CC4)CC2)nc1. The highest BCUT2D eigenvalue weighted by atomic mass is 32.2. The van der Waals surface area contributed by atoms with Crippen LogP contribution in [0.15, 0.2) is 23.4 Å². The molecule has 2 aromatic rings.